The highest BCUT2D eigenvalue weighted by atomic mass is 16.6. The molecule has 0 aliphatic carbocycles. The fraction of sp³-hybridized carbons (Fsp3) is 0.333. The number of nitrogens with one attached hydrogen (secondary N) is 1. The lowest BCUT2D eigenvalue weighted by Crippen LogP contribution is -2.55. The van der Waals surface area contributed by atoms with Crippen molar-refractivity contribution in [3.63, 3.8) is 0 Å². The van der Waals surface area contributed by atoms with E-state index in [1.807, 2.05) is 83.3 Å². The van der Waals surface area contributed by atoms with Gasteiger partial charge in [0.15, 0.2) is 11.5 Å². The fourth-order valence-corrected chi connectivity index (χ4v) is 4.92. The molecule has 1 atom stereocenters. The number of fused-ring (bicyclic) bond motifs is 2. The van der Waals surface area contributed by atoms with Crippen molar-refractivity contribution < 1.29 is 14.3 Å². The second-order valence-corrected chi connectivity index (χ2v) is 11.4. The minimum absolute atomic E-state index is 0.0299. The molecule has 5 aromatic rings. The summed E-state index contributed by atoms with van der Waals surface area (Å²) in [6.07, 6.45) is 4.56. The molecule has 4 aromatic heterocycles. The average molecular weight is 568 g/mol. The Labute approximate surface area is 243 Å². The zero-order chi connectivity index (χ0) is 29.4. The van der Waals surface area contributed by atoms with Crippen molar-refractivity contribution in [2.24, 2.45) is 0 Å². The summed E-state index contributed by atoms with van der Waals surface area (Å²) in [7, 11) is 0. The Hall–Kier alpha value is -5.00. The zero-order valence-corrected chi connectivity index (χ0v) is 24.3. The number of aryl methyl sites for hydroxylation is 1. The number of hydrogen-bond acceptors (Lipinski definition) is 10. The van der Waals surface area contributed by atoms with Crippen molar-refractivity contribution in [1.29, 1.82) is 0 Å². The Morgan fingerprint density at radius 1 is 1.02 bits per heavy atom. The summed E-state index contributed by atoms with van der Waals surface area (Å²) >= 11 is 0. The van der Waals surface area contributed by atoms with E-state index >= 15 is 0 Å². The van der Waals surface area contributed by atoms with Gasteiger partial charge in [-0.15, -0.1) is 0 Å². The Morgan fingerprint density at radius 3 is 2.67 bits per heavy atom. The van der Waals surface area contributed by atoms with E-state index in [0.717, 1.165) is 28.3 Å². The normalized spacial score (nSPS) is 15.7. The Kier molecular flexibility index (Phi) is 6.97. The minimum atomic E-state index is -0.531. The summed E-state index contributed by atoms with van der Waals surface area (Å²) in [6.45, 7) is 11.5. The predicted octanol–water partition coefficient (Wildman–Crippen LogP) is 5.36. The Balaban J connectivity index is 1.18. The quantitative estimate of drug-likeness (QED) is 0.297. The highest BCUT2D eigenvalue weighted by Gasteiger charge is 2.31. The number of aromatic nitrogens is 6. The van der Waals surface area contributed by atoms with Crippen molar-refractivity contribution in [3.05, 3.63) is 66.9 Å². The molecule has 0 spiro atoms. The largest absolute Gasteiger partial charge is 0.457 e. The van der Waals surface area contributed by atoms with Crippen LogP contribution >= 0.6 is 0 Å². The number of piperazine rings is 1. The molecule has 1 aliphatic heterocycles. The summed E-state index contributed by atoms with van der Waals surface area (Å²) < 4.78 is 13.4. The first-order valence-corrected chi connectivity index (χ1v) is 13.8. The van der Waals surface area contributed by atoms with Crippen LogP contribution in [-0.2, 0) is 4.74 Å². The second-order valence-electron chi connectivity index (χ2n) is 11.4. The lowest BCUT2D eigenvalue weighted by Gasteiger charge is -2.40. The van der Waals surface area contributed by atoms with E-state index in [4.69, 9.17) is 14.5 Å². The first-order valence-electron chi connectivity index (χ1n) is 13.8. The van der Waals surface area contributed by atoms with Crippen LogP contribution in [0.1, 0.15) is 33.3 Å². The number of pyridine rings is 2. The lowest BCUT2D eigenvalue weighted by atomic mass is 10.2. The minimum Gasteiger partial charge on any atom is -0.457 e. The van der Waals surface area contributed by atoms with Crippen LogP contribution in [0.15, 0.2) is 61.3 Å². The third kappa shape index (κ3) is 5.73. The van der Waals surface area contributed by atoms with Crippen LogP contribution < -0.4 is 15.0 Å². The molecule has 1 N–H and O–H groups in total. The van der Waals surface area contributed by atoms with Crippen LogP contribution in [0.3, 0.4) is 0 Å². The van der Waals surface area contributed by atoms with Crippen molar-refractivity contribution in [2.75, 3.05) is 29.9 Å². The van der Waals surface area contributed by atoms with Crippen molar-refractivity contribution in [2.45, 2.75) is 46.3 Å². The number of amides is 1. The van der Waals surface area contributed by atoms with Gasteiger partial charge in [0.05, 0.1) is 5.52 Å². The molecule has 1 fully saturated rings. The molecule has 1 aliphatic rings. The number of hydrogen-bond donors (Lipinski definition) is 1. The molecule has 6 rings (SSSR count). The molecule has 1 saturated heterocycles. The predicted molar refractivity (Wildman–Crippen MR) is 159 cm³/mol. The van der Waals surface area contributed by atoms with E-state index in [9.17, 15) is 4.79 Å². The number of carbonyl (C=O) groups excluding carboxylic acids is 1. The van der Waals surface area contributed by atoms with E-state index in [1.54, 1.807) is 9.42 Å². The standard InChI is InChI=1S/C30H33N9O3/c1-19-14-21(6-8-24(19)41-22-10-11-39-26(15-22)32-18-34-39)35-28-27-23(31-17-33-28)7-9-25(36-27)37-12-13-38(20(2)16-37)29(40)42-30(3,4)5/h6-11,14-15,17-18,20H,12-13,16H2,1-5H3,(H,31,33,35)/t20-/m0/s1. The number of nitrogens with zero attached hydrogens (tertiary/aromatic N) is 8. The van der Waals surface area contributed by atoms with Crippen molar-refractivity contribution in [1.82, 2.24) is 34.4 Å². The molecule has 0 saturated carbocycles. The number of ether oxygens (including phenoxy) is 2. The van der Waals surface area contributed by atoms with Gasteiger partial charge in [-0.1, -0.05) is 0 Å². The molecule has 5 heterocycles. The summed E-state index contributed by atoms with van der Waals surface area (Å²) in [5, 5.41) is 7.52. The highest BCUT2D eigenvalue weighted by Crippen LogP contribution is 2.30. The molecule has 12 nitrogen and oxygen atoms in total. The van der Waals surface area contributed by atoms with Gasteiger partial charge in [0.2, 0.25) is 0 Å². The van der Waals surface area contributed by atoms with E-state index < -0.39 is 5.60 Å². The van der Waals surface area contributed by atoms with Gasteiger partial charge in [-0.25, -0.2) is 29.2 Å². The van der Waals surface area contributed by atoms with Crippen LogP contribution in [-0.4, -0.2) is 71.8 Å². The van der Waals surface area contributed by atoms with E-state index in [0.29, 0.717) is 42.4 Å². The molecule has 12 heteroatoms. The van der Waals surface area contributed by atoms with Crippen LogP contribution in [0, 0.1) is 6.92 Å². The number of carbonyl (C=O) groups is 1. The monoisotopic (exact) mass is 567 g/mol. The third-order valence-corrected chi connectivity index (χ3v) is 6.96. The lowest BCUT2D eigenvalue weighted by molar-refractivity contribution is 0.0158. The zero-order valence-electron chi connectivity index (χ0n) is 24.3. The summed E-state index contributed by atoms with van der Waals surface area (Å²) in [4.78, 5) is 34.7. The maximum Gasteiger partial charge on any atom is 0.410 e. The van der Waals surface area contributed by atoms with Gasteiger partial charge in [-0.3, -0.25) is 0 Å². The second kappa shape index (κ2) is 10.8. The van der Waals surface area contributed by atoms with Crippen LogP contribution in [0.5, 0.6) is 11.5 Å². The molecule has 42 heavy (non-hydrogen) atoms. The number of benzene rings is 1. The highest BCUT2D eigenvalue weighted by molar-refractivity contribution is 5.88. The van der Waals surface area contributed by atoms with Gasteiger partial charge in [0.1, 0.15) is 41.1 Å². The van der Waals surface area contributed by atoms with Crippen LogP contribution in [0.4, 0.5) is 22.1 Å². The molecule has 1 aromatic carbocycles. The Morgan fingerprint density at radius 2 is 1.88 bits per heavy atom. The Bertz CT molecular complexity index is 1760. The van der Waals surface area contributed by atoms with E-state index in [2.05, 4.69) is 30.3 Å². The van der Waals surface area contributed by atoms with Gasteiger partial charge < -0.3 is 24.6 Å². The van der Waals surface area contributed by atoms with E-state index in [-0.39, 0.29) is 12.1 Å². The van der Waals surface area contributed by atoms with Gasteiger partial charge in [0.25, 0.3) is 0 Å². The number of anilines is 3. The van der Waals surface area contributed by atoms with Gasteiger partial charge in [-0.2, -0.15) is 5.10 Å². The van der Waals surface area contributed by atoms with Crippen LogP contribution in [0.25, 0.3) is 16.7 Å². The first-order chi connectivity index (χ1) is 20.1. The maximum atomic E-state index is 12.7. The molecule has 0 radical (unpaired) electrons. The van der Waals surface area contributed by atoms with Gasteiger partial charge >= 0.3 is 6.09 Å². The van der Waals surface area contributed by atoms with E-state index in [1.165, 1.54) is 12.7 Å². The molecule has 0 bridgehead atoms. The summed E-state index contributed by atoms with van der Waals surface area (Å²) in [5.74, 6) is 2.82. The summed E-state index contributed by atoms with van der Waals surface area (Å²) in [6, 6.07) is 13.4. The molecular weight excluding hydrogens is 534 g/mol. The smallest absolute Gasteiger partial charge is 0.410 e. The maximum absolute atomic E-state index is 12.7. The topological polar surface area (TPSA) is 123 Å². The molecular formula is C30H33N9O3. The fourth-order valence-electron chi connectivity index (χ4n) is 4.92. The van der Waals surface area contributed by atoms with Crippen molar-refractivity contribution in [3.8, 4) is 11.5 Å². The third-order valence-electron chi connectivity index (χ3n) is 6.96. The van der Waals surface area contributed by atoms with Gasteiger partial charge in [0, 0.05) is 43.6 Å². The molecule has 216 valence electrons. The average Bonchev–Trinajstić information content (AvgIpc) is 3.41. The molecule has 0 unspecified atom stereocenters. The summed E-state index contributed by atoms with van der Waals surface area (Å²) in [5.41, 5.74) is 3.38. The van der Waals surface area contributed by atoms with Gasteiger partial charge in [-0.05, 0) is 76.6 Å². The first kappa shape index (κ1) is 27.2. The molecule has 1 amide bonds. The van der Waals surface area contributed by atoms with Crippen LogP contribution in [0.2, 0.25) is 0 Å². The van der Waals surface area contributed by atoms with Crippen molar-refractivity contribution >= 4 is 40.1 Å². The SMILES string of the molecule is Cc1cc(Nc2ncnc3ccc(N4CCN(C(=O)OC(C)(C)C)[C@@H](C)C4)nc23)ccc1Oc1ccn2ncnc2c1. The number of rotatable bonds is 5.